The van der Waals surface area contributed by atoms with Gasteiger partial charge in [-0.25, -0.2) is 9.97 Å². The predicted octanol–water partition coefficient (Wildman–Crippen LogP) is 5.79. The highest BCUT2D eigenvalue weighted by molar-refractivity contribution is 6.33. The topological polar surface area (TPSA) is 59.4 Å². The maximum absolute atomic E-state index is 6.36. The Morgan fingerprint density at radius 2 is 1.66 bits per heavy atom. The van der Waals surface area contributed by atoms with Crippen LogP contribution in [0.4, 0.5) is 5.82 Å². The van der Waals surface area contributed by atoms with Gasteiger partial charge in [0.2, 0.25) is 0 Å². The molecular formula is C23H19ClN4O. The molecule has 0 saturated carbocycles. The van der Waals surface area contributed by atoms with E-state index in [1.165, 1.54) is 0 Å². The number of hydrogen-bond acceptors (Lipinski definition) is 5. The molecule has 6 heteroatoms. The quantitative estimate of drug-likeness (QED) is 0.339. The van der Waals surface area contributed by atoms with Crippen molar-refractivity contribution in [3.05, 3.63) is 83.4 Å². The molecule has 0 aliphatic heterocycles. The number of benzene rings is 3. The monoisotopic (exact) mass is 402 g/mol. The molecule has 0 bridgehead atoms. The van der Waals surface area contributed by atoms with Gasteiger partial charge in [-0.2, -0.15) is 5.10 Å². The van der Waals surface area contributed by atoms with Crippen molar-refractivity contribution in [2.45, 2.75) is 6.92 Å². The fourth-order valence-corrected chi connectivity index (χ4v) is 3.18. The van der Waals surface area contributed by atoms with Gasteiger partial charge >= 0.3 is 0 Å². The number of nitrogens with one attached hydrogen (secondary N) is 1. The van der Waals surface area contributed by atoms with Gasteiger partial charge in [0.1, 0.15) is 5.75 Å². The van der Waals surface area contributed by atoms with E-state index in [1.54, 1.807) is 7.11 Å². The number of aromatic nitrogens is 2. The maximum atomic E-state index is 6.36. The minimum absolute atomic E-state index is 0.550. The van der Waals surface area contributed by atoms with Crippen molar-refractivity contribution in [1.29, 1.82) is 0 Å². The van der Waals surface area contributed by atoms with Gasteiger partial charge in [-0.15, -0.1) is 0 Å². The molecule has 0 amide bonds. The number of hydrogen-bond donors (Lipinski definition) is 1. The Balaban J connectivity index is 1.73. The number of methoxy groups -OCH3 is 1. The summed E-state index contributed by atoms with van der Waals surface area (Å²) in [4.78, 5) is 9.36. The molecule has 0 aliphatic rings. The smallest absolute Gasteiger partial charge is 0.163 e. The summed E-state index contributed by atoms with van der Waals surface area (Å²) >= 11 is 6.36. The number of nitrogens with zero attached hydrogens (tertiary/aromatic N) is 3. The second kappa shape index (κ2) is 8.29. The van der Waals surface area contributed by atoms with Crippen LogP contribution in [0.1, 0.15) is 12.5 Å². The van der Waals surface area contributed by atoms with Crippen LogP contribution in [0.5, 0.6) is 5.75 Å². The Hall–Kier alpha value is -3.44. The van der Waals surface area contributed by atoms with Crippen molar-refractivity contribution in [3.63, 3.8) is 0 Å². The fourth-order valence-electron chi connectivity index (χ4n) is 2.96. The summed E-state index contributed by atoms with van der Waals surface area (Å²) in [6.07, 6.45) is 0. The van der Waals surface area contributed by atoms with Gasteiger partial charge in [-0.1, -0.05) is 35.9 Å². The SMILES string of the molecule is COc1ccc(C(C)=NNc2nc(-c3ccccc3Cl)nc3ccccc23)cc1. The van der Waals surface area contributed by atoms with Crippen LogP contribution in [0.2, 0.25) is 5.02 Å². The molecule has 0 saturated heterocycles. The van der Waals surface area contributed by atoms with E-state index >= 15 is 0 Å². The fraction of sp³-hybridized carbons (Fsp3) is 0.0870. The summed E-state index contributed by atoms with van der Waals surface area (Å²) in [6, 6.07) is 23.1. The van der Waals surface area contributed by atoms with Gasteiger partial charge in [0, 0.05) is 10.9 Å². The lowest BCUT2D eigenvalue weighted by atomic mass is 10.1. The maximum Gasteiger partial charge on any atom is 0.163 e. The van der Waals surface area contributed by atoms with Crippen LogP contribution in [-0.2, 0) is 0 Å². The standard InChI is InChI=1S/C23H19ClN4O/c1-15(16-11-13-17(29-2)14-12-16)27-28-23-19-8-4-6-10-21(19)25-22(26-23)18-7-3-5-9-20(18)24/h3-14H,1-2H3,(H,25,26,28). The van der Waals surface area contributed by atoms with Crippen molar-refractivity contribution in [3.8, 4) is 17.1 Å². The Labute approximate surface area is 174 Å². The van der Waals surface area contributed by atoms with Crippen LogP contribution >= 0.6 is 11.6 Å². The highest BCUT2D eigenvalue weighted by Crippen LogP contribution is 2.29. The molecule has 1 heterocycles. The van der Waals surface area contributed by atoms with Gasteiger partial charge < -0.3 is 4.74 Å². The van der Waals surface area contributed by atoms with Crippen LogP contribution in [0.15, 0.2) is 77.9 Å². The first kappa shape index (κ1) is 18.9. The lowest BCUT2D eigenvalue weighted by Crippen LogP contribution is -2.03. The molecule has 5 nitrogen and oxygen atoms in total. The average molecular weight is 403 g/mol. The minimum Gasteiger partial charge on any atom is -0.497 e. The van der Waals surface area contributed by atoms with Crippen LogP contribution in [0.3, 0.4) is 0 Å². The number of anilines is 1. The molecule has 1 aromatic heterocycles. The molecule has 0 aliphatic carbocycles. The van der Waals surface area contributed by atoms with E-state index in [-0.39, 0.29) is 0 Å². The van der Waals surface area contributed by atoms with Crippen LogP contribution in [0, 0.1) is 0 Å². The molecule has 1 N–H and O–H groups in total. The largest absolute Gasteiger partial charge is 0.497 e. The Morgan fingerprint density at radius 3 is 2.41 bits per heavy atom. The molecular weight excluding hydrogens is 384 g/mol. The first-order valence-electron chi connectivity index (χ1n) is 9.12. The van der Waals surface area contributed by atoms with E-state index in [1.807, 2.05) is 79.7 Å². The van der Waals surface area contributed by atoms with E-state index in [0.29, 0.717) is 16.7 Å². The second-order valence-electron chi connectivity index (χ2n) is 6.43. The molecule has 4 aromatic rings. The van der Waals surface area contributed by atoms with Gasteiger partial charge in [-0.3, -0.25) is 5.43 Å². The Bertz CT molecular complexity index is 1190. The van der Waals surface area contributed by atoms with Crippen LogP contribution in [0.25, 0.3) is 22.3 Å². The third kappa shape index (κ3) is 4.05. The number of para-hydroxylation sites is 1. The number of halogens is 1. The van der Waals surface area contributed by atoms with Gasteiger partial charge in [0.05, 0.1) is 23.4 Å². The van der Waals surface area contributed by atoms with E-state index in [2.05, 4.69) is 15.5 Å². The van der Waals surface area contributed by atoms with Gasteiger partial charge in [0.25, 0.3) is 0 Å². The zero-order chi connectivity index (χ0) is 20.2. The number of rotatable bonds is 5. The van der Waals surface area contributed by atoms with E-state index < -0.39 is 0 Å². The normalized spacial score (nSPS) is 11.5. The Morgan fingerprint density at radius 1 is 0.931 bits per heavy atom. The van der Waals surface area contributed by atoms with Gasteiger partial charge in [0.15, 0.2) is 11.6 Å². The summed E-state index contributed by atoms with van der Waals surface area (Å²) in [7, 11) is 1.65. The van der Waals surface area contributed by atoms with E-state index in [4.69, 9.17) is 21.3 Å². The summed E-state index contributed by atoms with van der Waals surface area (Å²) in [5.74, 6) is 1.98. The minimum atomic E-state index is 0.550. The zero-order valence-electron chi connectivity index (χ0n) is 16.1. The number of ether oxygens (including phenoxy) is 1. The summed E-state index contributed by atoms with van der Waals surface area (Å²) in [5.41, 5.74) is 6.52. The Kier molecular flexibility index (Phi) is 5.40. The van der Waals surface area contributed by atoms with Crippen molar-refractivity contribution < 1.29 is 4.74 Å². The summed E-state index contributed by atoms with van der Waals surface area (Å²) in [5, 5.41) is 6.02. The molecule has 0 fully saturated rings. The highest BCUT2D eigenvalue weighted by Gasteiger charge is 2.11. The predicted molar refractivity (Wildman–Crippen MR) is 119 cm³/mol. The molecule has 0 unspecified atom stereocenters. The van der Waals surface area contributed by atoms with Crippen molar-refractivity contribution >= 4 is 34.0 Å². The van der Waals surface area contributed by atoms with Gasteiger partial charge in [-0.05, 0) is 61.0 Å². The first-order valence-corrected chi connectivity index (χ1v) is 9.50. The third-order valence-corrected chi connectivity index (χ3v) is 4.88. The molecule has 3 aromatic carbocycles. The van der Waals surface area contributed by atoms with E-state index in [9.17, 15) is 0 Å². The average Bonchev–Trinajstić information content (AvgIpc) is 2.77. The van der Waals surface area contributed by atoms with Crippen molar-refractivity contribution in [1.82, 2.24) is 9.97 Å². The van der Waals surface area contributed by atoms with Crippen LogP contribution < -0.4 is 10.2 Å². The van der Waals surface area contributed by atoms with E-state index in [0.717, 1.165) is 33.5 Å². The zero-order valence-corrected chi connectivity index (χ0v) is 16.8. The van der Waals surface area contributed by atoms with Crippen molar-refractivity contribution in [2.24, 2.45) is 5.10 Å². The molecule has 144 valence electrons. The number of hydrazone groups is 1. The van der Waals surface area contributed by atoms with Crippen LogP contribution in [-0.4, -0.2) is 22.8 Å². The molecule has 4 rings (SSSR count). The molecule has 0 atom stereocenters. The molecule has 0 spiro atoms. The highest BCUT2D eigenvalue weighted by atomic mass is 35.5. The number of fused-ring (bicyclic) bond motifs is 1. The van der Waals surface area contributed by atoms with Crippen molar-refractivity contribution in [2.75, 3.05) is 12.5 Å². The summed E-state index contributed by atoms with van der Waals surface area (Å²) in [6.45, 7) is 1.94. The second-order valence-corrected chi connectivity index (χ2v) is 6.84. The third-order valence-electron chi connectivity index (χ3n) is 4.56. The summed E-state index contributed by atoms with van der Waals surface area (Å²) < 4.78 is 5.21. The first-order chi connectivity index (χ1) is 14.2. The molecule has 29 heavy (non-hydrogen) atoms. The lowest BCUT2D eigenvalue weighted by molar-refractivity contribution is 0.415. The lowest BCUT2D eigenvalue weighted by Gasteiger charge is -2.10. The molecule has 0 radical (unpaired) electrons.